The molecule has 0 aliphatic rings. The zero-order valence-corrected chi connectivity index (χ0v) is 15.8. The number of amides is 1. The fourth-order valence-electron chi connectivity index (χ4n) is 2.54. The maximum absolute atomic E-state index is 12.5. The van der Waals surface area contributed by atoms with Crippen LogP contribution in [-0.2, 0) is 0 Å². The van der Waals surface area contributed by atoms with Gasteiger partial charge in [0.2, 0.25) is 0 Å². The van der Waals surface area contributed by atoms with Crippen molar-refractivity contribution in [2.45, 2.75) is 0 Å². The first-order valence-corrected chi connectivity index (χ1v) is 8.85. The maximum atomic E-state index is 12.5. The number of ketones is 1. The molecule has 28 heavy (non-hydrogen) atoms. The van der Waals surface area contributed by atoms with E-state index in [2.05, 4.69) is 5.32 Å². The van der Waals surface area contributed by atoms with Crippen LogP contribution in [0.15, 0.2) is 66.7 Å². The highest BCUT2D eigenvalue weighted by molar-refractivity contribution is 6.31. The molecule has 0 saturated heterocycles. The molecule has 0 saturated carbocycles. The monoisotopic (exact) mass is 413 g/mol. The summed E-state index contributed by atoms with van der Waals surface area (Å²) in [6.45, 7) is 0. The molecule has 0 fully saturated rings. The molecule has 0 aromatic heterocycles. The quantitative estimate of drug-likeness (QED) is 0.564. The minimum Gasteiger partial charge on any atom is -0.478 e. The van der Waals surface area contributed by atoms with E-state index in [4.69, 9.17) is 23.2 Å². The molecule has 0 atom stereocenters. The Morgan fingerprint density at radius 3 is 1.79 bits per heavy atom. The van der Waals surface area contributed by atoms with Gasteiger partial charge in [-0.1, -0.05) is 35.3 Å². The predicted molar refractivity (Wildman–Crippen MR) is 108 cm³/mol. The third-order valence-corrected chi connectivity index (χ3v) is 4.46. The summed E-state index contributed by atoms with van der Waals surface area (Å²) in [7, 11) is 0. The fraction of sp³-hybridized carbons (Fsp3) is 0. The molecule has 0 bridgehead atoms. The van der Waals surface area contributed by atoms with Gasteiger partial charge in [-0.05, 0) is 54.6 Å². The van der Waals surface area contributed by atoms with Crippen molar-refractivity contribution in [1.29, 1.82) is 0 Å². The van der Waals surface area contributed by atoms with Gasteiger partial charge in [0, 0.05) is 26.7 Å². The Hall–Kier alpha value is -3.15. The van der Waals surface area contributed by atoms with Gasteiger partial charge in [0.15, 0.2) is 5.78 Å². The summed E-state index contributed by atoms with van der Waals surface area (Å²) < 4.78 is 0. The minimum absolute atomic E-state index is 0.115. The molecule has 0 unspecified atom stereocenters. The molecule has 0 heterocycles. The first kappa shape index (κ1) is 19.6. The van der Waals surface area contributed by atoms with E-state index in [0.717, 1.165) is 0 Å². The van der Waals surface area contributed by atoms with Crippen LogP contribution in [0, 0.1) is 0 Å². The highest BCUT2D eigenvalue weighted by Crippen LogP contribution is 2.22. The number of aromatic carboxylic acids is 1. The van der Waals surface area contributed by atoms with Gasteiger partial charge in [-0.15, -0.1) is 0 Å². The van der Waals surface area contributed by atoms with Crippen LogP contribution in [-0.4, -0.2) is 22.8 Å². The average Bonchev–Trinajstić information content (AvgIpc) is 2.69. The lowest BCUT2D eigenvalue weighted by molar-refractivity contribution is 0.0698. The third-order valence-electron chi connectivity index (χ3n) is 3.98. The van der Waals surface area contributed by atoms with Crippen LogP contribution >= 0.6 is 23.2 Å². The van der Waals surface area contributed by atoms with Crippen LogP contribution in [0.4, 0.5) is 5.69 Å². The first-order valence-electron chi connectivity index (χ1n) is 8.09. The Bertz CT molecular complexity index is 1060. The van der Waals surface area contributed by atoms with Crippen LogP contribution in [0.2, 0.25) is 10.0 Å². The number of rotatable bonds is 5. The Balaban J connectivity index is 1.78. The summed E-state index contributed by atoms with van der Waals surface area (Å²) >= 11 is 11.6. The Morgan fingerprint density at radius 1 is 0.714 bits per heavy atom. The number of benzene rings is 3. The van der Waals surface area contributed by atoms with Crippen molar-refractivity contribution in [3.8, 4) is 0 Å². The van der Waals surface area contributed by atoms with Gasteiger partial charge in [0.05, 0.1) is 11.3 Å². The number of carbonyl (C=O) groups excluding carboxylic acids is 2. The SMILES string of the molecule is O=C(Nc1ccc(Cl)cc1C(=O)O)c1ccc(C(=O)c2ccc(Cl)cc2)cc1. The summed E-state index contributed by atoms with van der Waals surface area (Å²) in [6, 6.07) is 16.7. The fourth-order valence-corrected chi connectivity index (χ4v) is 2.84. The zero-order valence-electron chi connectivity index (χ0n) is 14.3. The van der Waals surface area contributed by atoms with Gasteiger partial charge in [0.1, 0.15) is 0 Å². The molecule has 1 amide bonds. The summed E-state index contributed by atoms with van der Waals surface area (Å²) in [5.41, 5.74) is 1.18. The number of nitrogens with one attached hydrogen (secondary N) is 1. The number of halogens is 2. The van der Waals surface area contributed by atoms with Crippen molar-refractivity contribution in [3.05, 3.63) is 99.0 Å². The Morgan fingerprint density at radius 2 is 1.21 bits per heavy atom. The lowest BCUT2D eigenvalue weighted by Gasteiger charge is -2.09. The average molecular weight is 414 g/mol. The lowest BCUT2D eigenvalue weighted by Crippen LogP contribution is -2.15. The van der Waals surface area contributed by atoms with E-state index in [1.807, 2.05) is 0 Å². The molecular formula is C21H13Cl2NO4. The van der Waals surface area contributed by atoms with Crippen LogP contribution in [0.25, 0.3) is 0 Å². The molecule has 0 spiro atoms. The summed E-state index contributed by atoms with van der Waals surface area (Å²) in [5.74, 6) is -1.91. The molecule has 2 N–H and O–H groups in total. The second kappa shape index (κ2) is 8.25. The van der Waals surface area contributed by atoms with Crippen molar-refractivity contribution in [2.24, 2.45) is 0 Å². The molecule has 0 radical (unpaired) electrons. The van der Waals surface area contributed by atoms with Crippen molar-refractivity contribution >= 4 is 46.5 Å². The van der Waals surface area contributed by atoms with Gasteiger partial charge in [-0.3, -0.25) is 9.59 Å². The number of hydrogen-bond acceptors (Lipinski definition) is 3. The molecule has 3 aromatic rings. The predicted octanol–water partition coefficient (Wildman–Crippen LogP) is 5.17. The Labute approximate surface area is 170 Å². The minimum atomic E-state index is -1.21. The molecule has 3 rings (SSSR count). The molecular weight excluding hydrogens is 401 g/mol. The topological polar surface area (TPSA) is 83.5 Å². The maximum Gasteiger partial charge on any atom is 0.337 e. The van der Waals surface area contributed by atoms with E-state index in [1.165, 1.54) is 42.5 Å². The molecule has 3 aromatic carbocycles. The van der Waals surface area contributed by atoms with Gasteiger partial charge >= 0.3 is 5.97 Å². The van der Waals surface area contributed by atoms with Crippen LogP contribution in [0.1, 0.15) is 36.6 Å². The van der Waals surface area contributed by atoms with E-state index in [1.54, 1.807) is 24.3 Å². The third kappa shape index (κ3) is 4.39. The van der Waals surface area contributed by atoms with E-state index < -0.39 is 11.9 Å². The largest absolute Gasteiger partial charge is 0.478 e. The van der Waals surface area contributed by atoms with Crippen LogP contribution < -0.4 is 5.32 Å². The number of carboxylic acid groups (broad SMARTS) is 1. The number of carbonyl (C=O) groups is 3. The van der Waals surface area contributed by atoms with E-state index in [0.29, 0.717) is 16.1 Å². The number of hydrogen-bond donors (Lipinski definition) is 2. The van der Waals surface area contributed by atoms with Gasteiger partial charge < -0.3 is 10.4 Å². The number of anilines is 1. The number of carboxylic acids is 1. The van der Waals surface area contributed by atoms with Crippen molar-refractivity contribution in [2.75, 3.05) is 5.32 Å². The van der Waals surface area contributed by atoms with Crippen molar-refractivity contribution in [3.63, 3.8) is 0 Å². The van der Waals surface area contributed by atoms with E-state index in [-0.39, 0.29) is 27.6 Å². The van der Waals surface area contributed by atoms with Gasteiger partial charge in [-0.2, -0.15) is 0 Å². The Kier molecular flexibility index (Phi) is 5.78. The van der Waals surface area contributed by atoms with E-state index in [9.17, 15) is 19.5 Å². The first-order chi connectivity index (χ1) is 13.3. The highest BCUT2D eigenvalue weighted by Gasteiger charge is 2.15. The molecule has 7 heteroatoms. The second-order valence-electron chi connectivity index (χ2n) is 5.86. The molecule has 0 aliphatic heterocycles. The van der Waals surface area contributed by atoms with Gasteiger partial charge in [0.25, 0.3) is 5.91 Å². The van der Waals surface area contributed by atoms with Gasteiger partial charge in [-0.25, -0.2) is 4.79 Å². The van der Waals surface area contributed by atoms with Crippen molar-refractivity contribution in [1.82, 2.24) is 0 Å². The molecule has 0 aliphatic carbocycles. The molecule has 140 valence electrons. The van der Waals surface area contributed by atoms with Crippen LogP contribution in [0.5, 0.6) is 0 Å². The summed E-state index contributed by atoms with van der Waals surface area (Å²) in [5, 5.41) is 12.6. The standard InChI is InChI=1S/C21H13Cl2NO4/c22-15-7-5-13(6-8-15)19(25)12-1-3-14(4-2-12)20(26)24-18-10-9-16(23)11-17(18)21(27)28/h1-11H,(H,24,26)(H,27,28). The summed E-state index contributed by atoms with van der Waals surface area (Å²) in [4.78, 5) is 36.2. The normalized spacial score (nSPS) is 10.4. The smallest absolute Gasteiger partial charge is 0.337 e. The highest BCUT2D eigenvalue weighted by atomic mass is 35.5. The van der Waals surface area contributed by atoms with E-state index >= 15 is 0 Å². The molecule has 5 nitrogen and oxygen atoms in total. The lowest BCUT2D eigenvalue weighted by atomic mass is 10.0. The zero-order chi connectivity index (χ0) is 20.3. The van der Waals surface area contributed by atoms with Crippen molar-refractivity contribution < 1.29 is 19.5 Å². The van der Waals surface area contributed by atoms with Crippen LogP contribution in [0.3, 0.4) is 0 Å². The second-order valence-corrected chi connectivity index (χ2v) is 6.74. The summed E-state index contributed by atoms with van der Waals surface area (Å²) in [6.07, 6.45) is 0.